The molecular weight excluding hydrogens is 553 g/mol. The van der Waals surface area contributed by atoms with Gasteiger partial charge in [-0.05, 0) is 72.4 Å². The maximum absolute atomic E-state index is 13.5. The van der Waals surface area contributed by atoms with Crippen LogP contribution in [-0.2, 0) is 22.9 Å². The van der Waals surface area contributed by atoms with Gasteiger partial charge in [0.25, 0.3) is 5.56 Å². The molecule has 1 aliphatic heterocycles. The highest BCUT2D eigenvalue weighted by Gasteiger charge is 2.47. The van der Waals surface area contributed by atoms with Crippen molar-refractivity contribution in [3.63, 3.8) is 0 Å². The van der Waals surface area contributed by atoms with E-state index >= 15 is 0 Å². The summed E-state index contributed by atoms with van der Waals surface area (Å²) in [6.07, 6.45) is -2.17. The molecule has 1 saturated heterocycles. The maximum Gasteiger partial charge on any atom is 0.416 e. The van der Waals surface area contributed by atoms with Crippen molar-refractivity contribution in [3.8, 4) is 0 Å². The number of rotatable bonds is 3. The van der Waals surface area contributed by atoms with Crippen LogP contribution in [0, 0.1) is 0 Å². The third kappa shape index (κ3) is 4.15. The molecule has 2 N–H and O–H groups in total. The molecule has 0 saturated carbocycles. The zero-order valence-electron chi connectivity index (χ0n) is 18.5. The minimum atomic E-state index is -4.55. The summed E-state index contributed by atoms with van der Waals surface area (Å²) < 4.78 is 42.0. The van der Waals surface area contributed by atoms with Crippen LogP contribution in [-0.4, -0.2) is 38.2 Å². The Balaban J connectivity index is 1.55. The molecule has 3 aromatic rings. The zero-order chi connectivity index (χ0) is 25.1. The lowest BCUT2D eigenvalue weighted by Gasteiger charge is -2.34. The lowest BCUT2D eigenvalue weighted by Crippen LogP contribution is -2.42. The fourth-order valence-electron chi connectivity index (χ4n) is 5.49. The topological polar surface area (TPSA) is 93.3 Å². The van der Waals surface area contributed by atoms with Gasteiger partial charge in [-0.2, -0.15) is 22.7 Å². The fraction of sp³-hybridized carbons (Fsp3) is 0.455. The lowest BCUT2D eigenvalue weighted by atomic mass is 9.74. The molecule has 0 bridgehead atoms. The number of nitrogens with one attached hydrogen (secondary N) is 2. The average molecular weight is 574 g/mol. The molecule has 186 valence electrons. The molecular formula is C22H21BrClF3N6O2. The molecule has 1 spiro atoms. The Morgan fingerprint density at radius 2 is 2.06 bits per heavy atom. The fourth-order valence-corrected chi connectivity index (χ4v) is 6.03. The van der Waals surface area contributed by atoms with Crippen molar-refractivity contribution in [2.75, 3.05) is 18.4 Å². The number of amides is 1. The number of piperidine rings is 1. The number of nitrogens with zero attached hydrogens (tertiary/aromatic N) is 4. The Bertz CT molecular complexity index is 1400. The van der Waals surface area contributed by atoms with Crippen LogP contribution >= 0.6 is 27.5 Å². The number of carbonyl (C=O) groups is 1. The van der Waals surface area contributed by atoms with E-state index in [1.54, 1.807) is 4.57 Å². The Morgan fingerprint density at radius 3 is 2.71 bits per heavy atom. The first-order chi connectivity index (χ1) is 16.5. The third-order valence-corrected chi connectivity index (χ3v) is 7.53. The van der Waals surface area contributed by atoms with Crippen molar-refractivity contribution in [3.05, 3.63) is 55.1 Å². The van der Waals surface area contributed by atoms with E-state index in [4.69, 9.17) is 11.6 Å². The summed E-state index contributed by atoms with van der Waals surface area (Å²) in [5, 5.41) is 9.90. The number of anilines is 1. The highest BCUT2D eigenvalue weighted by Crippen LogP contribution is 2.49. The normalized spacial score (nSPS) is 19.3. The predicted octanol–water partition coefficient (Wildman–Crippen LogP) is 4.09. The van der Waals surface area contributed by atoms with Crippen molar-refractivity contribution in [2.45, 2.75) is 50.2 Å². The molecule has 1 fully saturated rings. The van der Waals surface area contributed by atoms with Gasteiger partial charge in [0.05, 0.1) is 16.3 Å². The lowest BCUT2D eigenvalue weighted by molar-refractivity contribution is -0.137. The van der Waals surface area contributed by atoms with E-state index in [-0.39, 0.29) is 44.7 Å². The van der Waals surface area contributed by atoms with Gasteiger partial charge in [-0.3, -0.25) is 9.59 Å². The smallest absolute Gasteiger partial charge is 0.323 e. The van der Waals surface area contributed by atoms with E-state index in [2.05, 4.69) is 36.6 Å². The first-order valence-electron chi connectivity index (χ1n) is 11.1. The molecule has 35 heavy (non-hydrogen) atoms. The second-order valence-corrected chi connectivity index (χ2v) is 10.2. The number of carbonyl (C=O) groups excluding carboxylic acids is 1. The highest BCUT2D eigenvalue weighted by molar-refractivity contribution is 9.10. The van der Waals surface area contributed by atoms with Crippen LogP contribution in [0.15, 0.2) is 27.7 Å². The van der Waals surface area contributed by atoms with Crippen LogP contribution in [0.25, 0.3) is 5.78 Å². The van der Waals surface area contributed by atoms with Crippen molar-refractivity contribution < 1.29 is 18.0 Å². The monoisotopic (exact) mass is 572 g/mol. The predicted molar refractivity (Wildman–Crippen MR) is 127 cm³/mol. The molecule has 1 aliphatic carbocycles. The van der Waals surface area contributed by atoms with E-state index in [1.165, 1.54) is 4.52 Å². The van der Waals surface area contributed by atoms with E-state index in [9.17, 15) is 22.8 Å². The van der Waals surface area contributed by atoms with E-state index in [0.717, 1.165) is 56.2 Å². The number of hydrogen-bond acceptors (Lipinski definition) is 5. The summed E-state index contributed by atoms with van der Waals surface area (Å²) in [5.74, 6) is -0.303. The number of alkyl halides is 3. The summed E-state index contributed by atoms with van der Waals surface area (Å²) in [6, 6.07) is 2.75. The van der Waals surface area contributed by atoms with Gasteiger partial charge in [0, 0.05) is 16.7 Å². The Hall–Kier alpha value is -2.44. The highest BCUT2D eigenvalue weighted by atomic mass is 79.9. The van der Waals surface area contributed by atoms with Gasteiger partial charge >= 0.3 is 6.18 Å². The molecule has 5 rings (SSSR count). The zero-order valence-corrected chi connectivity index (χ0v) is 20.9. The van der Waals surface area contributed by atoms with Gasteiger partial charge in [-0.1, -0.05) is 18.5 Å². The third-order valence-electron chi connectivity index (χ3n) is 6.89. The molecule has 2 aromatic heterocycles. The molecule has 3 heterocycles. The van der Waals surface area contributed by atoms with Gasteiger partial charge < -0.3 is 15.2 Å². The first-order valence-corrected chi connectivity index (χ1v) is 12.2. The average Bonchev–Trinajstić information content (AvgIpc) is 3.30. The summed E-state index contributed by atoms with van der Waals surface area (Å²) in [4.78, 5) is 30.9. The molecule has 1 aromatic carbocycles. The van der Waals surface area contributed by atoms with Crippen LogP contribution in [0.1, 0.15) is 48.9 Å². The summed E-state index contributed by atoms with van der Waals surface area (Å²) in [6.45, 7) is 3.39. The number of aromatic nitrogens is 4. The second kappa shape index (κ2) is 8.59. The van der Waals surface area contributed by atoms with Gasteiger partial charge in [-0.25, -0.2) is 0 Å². The van der Waals surface area contributed by atoms with Crippen LogP contribution < -0.4 is 16.2 Å². The number of hydrogen-bond donors (Lipinski definition) is 2. The number of fused-ring (bicyclic) bond motifs is 3. The molecule has 0 radical (unpaired) electrons. The SMILES string of the molecule is C[C@@H]1CC2(CCNCC2)c2c1n(CC(=O)Nc1ccc(C(F)(F)F)cc1Cl)c1nc(Br)nn1c2=O. The molecule has 13 heteroatoms. The summed E-state index contributed by atoms with van der Waals surface area (Å²) in [7, 11) is 0. The van der Waals surface area contributed by atoms with Crippen LogP contribution in [0.5, 0.6) is 0 Å². The quantitative estimate of drug-likeness (QED) is 0.492. The van der Waals surface area contributed by atoms with E-state index < -0.39 is 17.6 Å². The Labute approximate surface area is 211 Å². The van der Waals surface area contributed by atoms with Crippen molar-refractivity contribution in [1.29, 1.82) is 0 Å². The molecule has 2 aliphatic rings. The first kappa shape index (κ1) is 24.3. The van der Waals surface area contributed by atoms with E-state index in [1.807, 2.05) is 6.92 Å². The van der Waals surface area contributed by atoms with Gasteiger partial charge in [-0.15, -0.1) is 5.10 Å². The van der Waals surface area contributed by atoms with Gasteiger partial charge in [0.1, 0.15) is 6.54 Å². The molecule has 1 atom stereocenters. The Morgan fingerprint density at radius 1 is 1.34 bits per heavy atom. The second-order valence-electron chi connectivity index (χ2n) is 9.12. The Kier molecular flexibility index (Phi) is 5.96. The van der Waals surface area contributed by atoms with Crippen LogP contribution in [0.3, 0.4) is 0 Å². The number of benzene rings is 1. The van der Waals surface area contributed by atoms with Crippen molar-refractivity contribution in [2.24, 2.45) is 0 Å². The minimum absolute atomic E-state index is 0.00117. The van der Waals surface area contributed by atoms with Crippen LogP contribution in [0.2, 0.25) is 5.02 Å². The molecule has 8 nitrogen and oxygen atoms in total. The number of halogens is 5. The molecule has 1 amide bonds. The summed E-state index contributed by atoms with van der Waals surface area (Å²) in [5.41, 5.74) is 0.0222. The van der Waals surface area contributed by atoms with Gasteiger partial charge in [0.15, 0.2) is 0 Å². The van der Waals surface area contributed by atoms with Crippen LogP contribution in [0.4, 0.5) is 18.9 Å². The van der Waals surface area contributed by atoms with Crippen molar-refractivity contribution >= 4 is 44.9 Å². The van der Waals surface area contributed by atoms with Crippen molar-refractivity contribution in [1.82, 2.24) is 24.5 Å². The maximum atomic E-state index is 13.5. The summed E-state index contributed by atoms with van der Waals surface area (Å²) >= 11 is 9.24. The largest absolute Gasteiger partial charge is 0.416 e. The van der Waals surface area contributed by atoms with Gasteiger partial charge in [0.2, 0.25) is 16.4 Å². The molecule has 0 unspecified atom stereocenters. The minimum Gasteiger partial charge on any atom is -0.323 e. The standard InChI is InChI=1S/C22H21BrClF3N6O2/c1-11-9-21(4-6-28-7-5-21)16-17(11)32(20-30-19(23)31-33(20)18(16)35)10-15(34)29-14-3-2-12(8-13(14)24)22(25,26)27/h2-3,8,11,28H,4-7,9-10H2,1H3,(H,29,34)/t11-/m1/s1. The van der Waals surface area contributed by atoms with E-state index in [0.29, 0.717) is 5.56 Å².